The Morgan fingerprint density at radius 3 is 2.92 bits per heavy atom. The number of aliphatic hydroxyl groups excluding tert-OH is 2. The molecule has 0 spiro atoms. The molecule has 1 fully saturated rings. The fourth-order valence-corrected chi connectivity index (χ4v) is 3.02. The summed E-state index contributed by atoms with van der Waals surface area (Å²) in [6.07, 6.45) is 0.579. The molecular formula is C15H20N4O5. The maximum absolute atomic E-state index is 11.3. The molecule has 0 radical (unpaired) electrons. The van der Waals surface area contributed by atoms with E-state index in [-0.39, 0.29) is 12.5 Å². The van der Waals surface area contributed by atoms with Gasteiger partial charge in [0.2, 0.25) is 5.91 Å². The Labute approximate surface area is 138 Å². The Balaban J connectivity index is 2.08. The minimum Gasteiger partial charge on any atom is -0.394 e. The van der Waals surface area contributed by atoms with Crippen LogP contribution in [0.1, 0.15) is 20.1 Å². The molecule has 24 heavy (non-hydrogen) atoms. The maximum atomic E-state index is 11.3. The lowest BCUT2D eigenvalue weighted by molar-refractivity contribution is -0.118. The summed E-state index contributed by atoms with van der Waals surface area (Å²) < 4.78 is 13.0. The predicted molar refractivity (Wildman–Crippen MR) is 84.2 cm³/mol. The van der Waals surface area contributed by atoms with Gasteiger partial charge in [0.05, 0.1) is 12.0 Å². The zero-order valence-electron chi connectivity index (χ0n) is 13.6. The molecule has 2 unspecified atom stereocenters. The average Bonchev–Trinajstić information content (AvgIpc) is 3.08. The van der Waals surface area contributed by atoms with E-state index in [1.165, 1.54) is 20.4 Å². The van der Waals surface area contributed by atoms with Gasteiger partial charge >= 0.3 is 0 Å². The number of hydrogen-bond donors (Lipinski definition) is 3. The van der Waals surface area contributed by atoms with Crippen LogP contribution in [0.3, 0.4) is 0 Å². The zero-order valence-corrected chi connectivity index (χ0v) is 13.6. The number of ether oxygens (including phenoxy) is 2. The van der Waals surface area contributed by atoms with Crippen LogP contribution in [0.2, 0.25) is 0 Å². The van der Waals surface area contributed by atoms with Gasteiger partial charge in [0.1, 0.15) is 35.6 Å². The van der Waals surface area contributed by atoms with Crippen molar-refractivity contribution in [1.82, 2.24) is 14.5 Å². The molecule has 9 heteroatoms. The molecule has 3 heterocycles. The molecule has 0 aliphatic carbocycles. The van der Waals surface area contributed by atoms with Crippen LogP contribution in [0.15, 0.2) is 18.6 Å². The summed E-state index contributed by atoms with van der Waals surface area (Å²) in [6, 6.07) is 1.75. The SMILES string of the molecule is CO[C@]1(C)C(O)C(CO)O[C@H]1n1ccc2c(NC(C)=O)ncnc21. The number of rotatable bonds is 4. The summed E-state index contributed by atoms with van der Waals surface area (Å²) in [5, 5.41) is 23.1. The third-order valence-corrected chi connectivity index (χ3v) is 4.41. The van der Waals surface area contributed by atoms with E-state index in [2.05, 4.69) is 15.3 Å². The first kappa shape index (κ1) is 16.8. The van der Waals surface area contributed by atoms with Crippen molar-refractivity contribution >= 4 is 22.8 Å². The molecule has 9 nitrogen and oxygen atoms in total. The fourth-order valence-electron chi connectivity index (χ4n) is 3.02. The lowest BCUT2D eigenvalue weighted by Gasteiger charge is -2.31. The van der Waals surface area contributed by atoms with E-state index >= 15 is 0 Å². The highest BCUT2D eigenvalue weighted by atomic mass is 16.6. The van der Waals surface area contributed by atoms with Crippen LogP contribution in [-0.2, 0) is 14.3 Å². The second-order valence-corrected chi connectivity index (χ2v) is 5.91. The predicted octanol–water partition coefficient (Wildman–Crippen LogP) is 0.0454. The molecule has 0 saturated carbocycles. The largest absolute Gasteiger partial charge is 0.394 e. The van der Waals surface area contributed by atoms with Crippen LogP contribution in [0.5, 0.6) is 0 Å². The molecule has 0 bridgehead atoms. The number of nitrogens with one attached hydrogen (secondary N) is 1. The van der Waals surface area contributed by atoms with Gasteiger partial charge in [0.15, 0.2) is 6.23 Å². The number of carbonyl (C=O) groups excluding carboxylic acids is 1. The highest BCUT2D eigenvalue weighted by Gasteiger charge is 2.54. The van der Waals surface area contributed by atoms with Crippen molar-refractivity contribution in [3.63, 3.8) is 0 Å². The lowest BCUT2D eigenvalue weighted by Crippen LogP contribution is -2.46. The van der Waals surface area contributed by atoms with E-state index in [0.717, 1.165) is 0 Å². The van der Waals surface area contributed by atoms with E-state index in [1.54, 1.807) is 23.8 Å². The van der Waals surface area contributed by atoms with Crippen molar-refractivity contribution in [3.05, 3.63) is 18.6 Å². The summed E-state index contributed by atoms with van der Waals surface area (Å²) in [5.41, 5.74) is -0.550. The number of aliphatic hydroxyl groups is 2. The van der Waals surface area contributed by atoms with Crippen LogP contribution in [0, 0.1) is 0 Å². The number of nitrogens with zero attached hydrogens (tertiary/aromatic N) is 3. The highest BCUT2D eigenvalue weighted by molar-refractivity contribution is 5.97. The summed E-state index contributed by atoms with van der Waals surface area (Å²) in [5.74, 6) is 0.153. The Morgan fingerprint density at radius 1 is 1.54 bits per heavy atom. The first-order chi connectivity index (χ1) is 11.4. The molecule has 130 valence electrons. The first-order valence-corrected chi connectivity index (χ1v) is 7.51. The van der Waals surface area contributed by atoms with Crippen LogP contribution >= 0.6 is 0 Å². The summed E-state index contributed by atoms with van der Waals surface area (Å²) >= 11 is 0. The molecule has 3 rings (SSSR count). The van der Waals surface area contributed by atoms with Crippen molar-refractivity contribution in [2.45, 2.75) is 37.9 Å². The molecule has 2 aromatic heterocycles. The van der Waals surface area contributed by atoms with Crippen LogP contribution in [0.25, 0.3) is 11.0 Å². The van der Waals surface area contributed by atoms with Gasteiger partial charge < -0.3 is 29.6 Å². The number of carbonyl (C=O) groups is 1. The lowest BCUT2D eigenvalue weighted by atomic mass is 9.96. The standard InChI is InChI=1S/C15H20N4O5/c1-8(21)18-12-9-4-5-19(13(9)17-7-16-12)14-15(2,23-3)11(22)10(6-20)24-14/h4-5,7,10-11,14,20,22H,6H2,1-3H3,(H,16,17,18,21)/t10?,11?,14-,15-/m1/s1. The average molecular weight is 336 g/mol. The highest BCUT2D eigenvalue weighted by Crippen LogP contribution is 2.42. The maximum Gasteiger partial charge on any atom is 0.222 e. The van der Waals surface area contributed by atoms with Gasteiger partial charge in [-0.2, -0.15) is 0 Å². The molecular weight excluding hydrogens is 316 g/mol. The van der Waals surface area contributed by atoms with Crippen LogP contribution in [-0.4, -0.2) is 62.2 Å². The summed E-state index contributed by atoms with van der Waals surface area (Å²) in [4.78, 5) is 19.6. The van der Waals surface area contributed by atoms with Crippen molar-refractivity contribution in [2.75, 3.05) is 19.0 Å². The molecule has 1 aliphatic heterocycles. The normalized spacial score (nSPS) is 30.0. The molecule has 4 atom stereocenters. The number of amides is 1. The number of hydrogen-bond acceptors (Lipinski definition) is 7. The minimum atomic E-state index is -1.07. The summed E-state index contributed by atoms with van der Waals surface area (Å²) in [7, 11) is 1.47. The molecule has 1 amide bonds. The third kappa shape index (κ3) is 2.46. The van der Waals surface area contributed by atoms with Crippen molar-refractivity contribution in [2.24, 2.45) is 0 Å². The number of methoxy groups -OCH3 is 1. The van der Waals surface area contributed by atoms with Crippen molar-refractivity contribution in [3.8, 4) is 0 Å². The quantitative estimate of drug-likeness (QED) is 0.721. The van der Waals surface area contributed by atoms with Gasteiger partial charge in [-0.05, 0) is 13.0 Å². The topological polar surface area (TPSA) is 119 Å². The van der Waals surface area contributed by atoms with Gasteiger partial charge in [0, 0.05) is 20.2 Å². The van der Waals surface area contributed by atoms with E-state index in [0.29, 0.717) is 16.9 Å². The van der Waals surface area contributed by atoms with E-state index in [1.807, 2.05) is 0 Å². The first-order valence-electron chi connectivity index (χ1n) is 7.51. The zero-order chi connectivity index (χ0) is 17.5. The monoisotopic (exact) mass is 336 g/mol. The number of anilines is 1. The van der Waals surface area contributed by atoms with E-state index in [4.69, 9.17) is 9.47 Å². The number of fused-ring (bicyclic) bond motifs is 1. The smallest absolute Gasteiger partial charge is 0.222 e. The molecule has 1 saturated heterocycles. The number of aromatic nitrogens is 3. The minimum absolute atomic E-state index is 0.239. The van der Waals surface area contributed by atoms with Gasteiger partial charge in [-0.1, -0.05) is 0 Å². The Bertz CT molecular complexity index is 763. The Kier molecular flexibility index (Phi) is 4.26. The Morgan fingerprint density at radius 2 is 2.29 bits per heavy atom. The Hall–Kier alpha value is -2.07. The summed E-state index contributed by atoms with van der Waals surface area (Å²) in [6.45, 7) is 2.77. The second kappa shape index (κ2) is 6.10. The van der Waals surface area contributed by atoms with E-state index < -0.39 is 24.0 Å². The fraction of sp³-hybridized carbons (Fsp3) is 0.533. The van der Waals surface area contributed by atoms with Gasteiger partial charge in [-0.15, -0.1) is 0 Å². The third-order valence-electron chi connectivity index (χ3n) is 4.41. The van der Waals surface area contributed by atoms with Crippen molar-refractivity contribution < 1.29 is 24.5 Å². The van der Waals surface area contributed by atoms with Crippen molar-refractivity contribution in [1.29, 1.82) is 0 Å². The molecule has 3 N–H and O–H groups in total. The van der Waals surface area contributed by atoms with Crippen LogP contribution < -0.4 is 5.32 Å². The second-order valence-electron chi connectivity index (χ2n) is 5.91. The van der Waals surface area contributed by atoms with Gasteiger partial charge in [-0.25, -0.2) is 9.97 Å². The van der Waals surface area contributed by atoms with Gasteiger partial charge in [0.25, 0.3) is 0 Å². The van der Waals surface area contributed by atoms with Crippen LogP contribution in [0.4, 0.5) is 5.82 Å². The molecule has 0 aromatic carbocycles. The van der Waals surface area contributed by atoms with E-state index in [9.17, 15) is 15.0 Å². The molecule has 2 aromatic rings. The molecule has 1 aliphatic rings. The van der Waals surface area contributed by atoms with Gasteiger partial charge in [-0.3, -0.25) is 4.79 Å².